The number of hydrogen-bond donors (Lipinski definition) is 1. The molecule has 0 aliphatic heterocycles. The molecule has 0 aliphatic carbocycles. The van der Waals surface area contributed by atoms with Gasteiger partial charge < -0.3 is 4.74 Å². The molecule has 0 spiro atoms. The number of carbonyl (C=O) groups excluding carboxylic acids is 1. The first-order valence-corrected chi connectivity index (χ1v) is 12.0. The van der Waals surface area contributed by atoms with Crippen LogP contribution in [0.1, 0.15) is 11.1 Å². The molecule has 172 valence electrons. The van der Waals surface area contributed by atoms with Gasteiger partial charge in [-0.05, 0) is 53.9 Å². The number of hydrogen-bond acceptors (Lipinski definition) is 5. The summed E-state index contributed by atoms with van der Waals surface area (Å²) >= 11 is 5.85. The van der Waals surface area contributed by atoms with E-state index in [0.29, 0.717) is 17.2 Å². The number of sulfonamides is 1. The van der Waals surface area contributed by atoms with Gasteiger partial charge in [-0.25, -0.2) is 13.8 Å². The summed E-state index contributed by atoms with van der Waals surface area (Å²) in [5.74, 6) is -0.00979. The zero-order chi connectivity index (χ0) is 23.7. The number of methoxy groups -OCH3 is 1. The van der Waals surface area contributed by atoms with Gasteiger partial charge in [-0.1, -0.05) is 54.1 Å². The highest BCUT2D eigenvalue weighted by Crippen LogP contribution is 2.20. The van der Waals surface area contributed by atoms with E-state index in [1.54, 1.807) is 36.4 Å². The van der Waals surface area contributed by atoms with Gasteiger partial charge in [0.1, 0.15) is 5.75 Å². The van der Waals surface area contributed by atoms with Crippen molar-refractivity contribution in [2.24, 2.45) is 5.10 Å². The minimum atomic E-state index is -3.92. The van der Waals surface area contributed by atoms with E-state index in [1.807, 2.05) is 30.3 Å². The lowest BCUT2D eigenvalue weighted by molar-refractivity contribution is -0.121. The summed E-state index contributed by atoms with van der Waals surface area (Å²) in [5.41, 5.74) is 4.10. The number of amides is 1. The van der Waals surface area contributed by atoms with Crippen LogP contribution >= 0.6 is 11.6 Å². The van der Waals surface area contributed by atoms with Gasteiger partial charge in [0.05, 0.1) is 24.8 Å². The molecule has 9 heteroatoms. The molecule has 7 nitrogen and oxygen atoms in total. The fourth-order valence-corrected chi connectivity index (χ4v) is 4.53. The summed E-state index contributed by atoms with van der Waals surface area (Å²) in [7, 11) is -2.42. The molecule has 1 N–H and O–H groups in total. The molecule has 33 heavy (non-hydrogen) atoms. The van der Waals surface area contributed by atoms with Crippen LogP contribution < -0.4 is 10.2 Å². The second-order valence-electron chi connectivity index (χ2n) is 7.09. The highest BCUT2D eigenvalue weighted by atomic mass is 35.5. The van der Waals surface area contributed by atoms with Crippen molar-refractivity contribution < 1.29 is 17.9 Å². The molecule has 0 heterocycles. The Morgan fingerprint density at radius 1 is 1.03 bits per heavy atom. The number of nitrogens with one attached hydrogen (secondary N) is 1. The molecule has 0 atom stereocenters. The Morgan fingerprint density at radius 2 is 1.70 bits per heavy atom. The third-order valence-electron chi connectivity index (χ3n) is 4.78. The van der Waals surface area contributed by atoms with Crippen molar-refractivity contribution in [1.29, 1.82) is 0 Å². The minimum Gasteiger partial charge on any atom is -0.497 e. The van der Waals surface area contributed by atoms with E-state index >= 15 is 0 Å². The van der Waals surface area contributed by atoms with E-state index in [0.717, 1.165) is 15.4 Å². The maximum atomic E-state index is 13.3. The highest BCUT2D eigenvalue weighted by Gasteiger charge is 2.26. The lowest BCUT2D eigenvalue weighted by atomic mass is 10.1. The molecule has 0 radical (unpaired) electrons. The van der Waals surface area contributed by atoms with Crippen LogP contribution in [0.25, 0.3) is 0 Å². The average molecular weight is 486 g/mol. The van der Waals surface area contributed by atoms with E-state index in [9.17, 15) is 13.2 Å². The largest absolute Gasteiger partial charge is 0.497 e. The topological polar surface area (TPSA) is 88.1 Å². The lowest BCUT2D eigenvalue weighted by Crippen LogP contribution is -2.40. The Labute approximate surface area is 198 Å². The van der Waals surface area contributed by atoms with Crippen LogP contribution in [-0.4, -0.2) is 45.0 Å². The minimum absolute atomic E-state index is 0.0776. The van der Waals surface area contributed by atoms with Crippen molar-refractivity contribution in [3.05, 3.63) is 95.0 Å². The lowest BCUT2D eigenvalue weighted by Gasteiger charge is -2.21. The molecule has 0 aliphatic rings. The van der Waals surface area contributed by atoms with Gasteiger partial charge in [0.2, 0.25) is 10.0 Å². The Bertz CT molecular complexity index is 1180. The molecule has 0 unspecified atom stereocenters. The van der Waals surface area contributed by atoms with E-state index in [1.165, 1.54) is 25.5 Å². The van der Waals surface area contributed by atoms with Crippen molar-refractivity contribution in [2.45, 2.75) is 11.3 Å². The maximum absolute atomic E-state index is 13.3. The van der Waals surface area contributed by atoms with Crippen LogP contribution in [-0.2, 0) is 21.2 Å². The molecule has 3 aromatic rings. The fraction of sp³-hybridized carbons (Fsp3) is 0.167. The van der Waals surface area contributed by atoms with Gasteiger partial charge in [-0.2, -0.15) is 9.41 Å². The molecule has 0 bridgehead atoms. The van der Waals surface area contributed by atoms with Crippen molar-refractivity contribution in [2.75, 3.05) is 20.2 Å². The first-order chi connectivity index (χ1) is 15.9. The average Bonchev–Trinajstić information content (AvgIpc) is 2.83. The zero-order valence-corrected chi connectivity index (χ0v) is 19.6. The molecule has 0 saturated carbocycles. The number of ether oxygens (including phenoxy) is 1. The van der Waals surface area contributed by atoms with Crippen LogP contribution in [0.5, 0.6) is 5.75 Å². The van der Waals surface area contributed by atoms with Crippen LogP contribution in [0.15, 0.2) is 88.9 Å². The molecular weight excluding hydrogens is 462 g/mol. The molecule has 0 saturated heterocycles. The predicted octanol–water partition coefficient (Wildman–Crippen LogP) is 3.73. The monoisotopic (exact) mass is 485 g/mol. The second kappa shape index (κ2) is 11.6. The molecule has 3 rings (SSSR count). The van der Waals surface area contributed by atoms with Gasteiger partial charge in [-0.15, -0.1) is 0 Å². The molecule has 3 aromatic carbocycles. The second-order valence-corrected chi connectivity index (χ2v) is 9.47. The Kier molecular flexibility index (Phi) is 8.59. The quantitative estimate of drug-likeness (QED) is 0.350. The SMILES string of the molecule is COc1ccc(S(=O)(=O)N(CCc2ccccc2)CC(=O)N/N=C\c2ccc(Cl)cc2)cc1. The van der Waals surface area contributed by atoms with Crippen molar-refractivity contribution in [1.82, 2.24) is 9.73 Å². The summed E-state index contributed by atoms with van der Waals surface area (Å²) < 4.78 is 32.8. The highest BCUT2D eigenvalue weighted by molar-refractivity contribution is 7.89. The predicted molar refractivity (Wildman–Crippen MR) is 129 cm³/mol. The summed E-state index contributed by atoms with van der Waals surface area (Å²) in [6.07, 6.45) is 1.91. The van der Waals surface area contributed by atoms with Crippen molar-refractivity contribution in [3.63, 3.8) is 0 Å². The van der Waals surface area contributed by atoms with E-state index in [4.69, 9.17) is 16.3 Å². The summed E-state index contributed by atoms with van der Waals surface area (Å²) in [4.78, 5) is 12.6. The van der Waals surface area contributed by atoms with Gasteiger partial charge in [0, 0.05) is 11.6 Å². The zero-order valence-electron chi connectivity index (χ0n) is 18.0. The number of benzene rings is 3. The van der Waals surface area contributed by atoms with E-state index < -0.39 is 15.9 Å². The number of halogens is 1. The molecule has 1 amide bonds. The first kappa shape index (κ1) is 24.4. The first-order valence-electron chi connectivity index (χ1n) is 10.1. The van der Waals surface area contributed by atoms with Gasteiger partial charge in [0.25, 0.3) is 5.91 Å². The van der Waals surface area contributed by atoms with Crippen molar-refractivity contribution >= 4 is 33.7 Å². The van der Waals surface area contributed by atoms with Crippen LogP contribution in [0.4, 0.5) is 0 Å². The summed E-state index contributed by atoms with van der Waals surface area (Å²) in [6.45, 7) is -0.244. The fourth-order valence-electron chi connectivity index (χ4n) is 3.00. The molecule has 0 aromatic heterocycles. The van der Waals surface area contributed by atoms with Crippen LogP contribution in [0, 0.1) is 0 Å². The molecular formula is C24H24ClN3O4S. The van der Waals surface area contributed by atoms with Crippen LogP contribution in [0.2, 0.25) is 5.02 Å². The van der Waals surface area contributed by atoms with E-state index in [-0.39, 0.29) is 18.0 Å². The standard InChI is InChI=1S/C24H24ClN3O4S/c1-32-22-11-13-23(14-12-22)33(30,31)28(16-15-19-5-3-2-4-6-19)18-24(29)27-26-17-20-7-9-21(25)10-8-20/h2-14,17H,15-16,18H2,1H3,(H,27,29)/b26-17-. The van der Waals surface area contributed by atoms with Gasteiger partial charge in [0.15, 0.2) is 0 Å². The maximum Gasteiger partial charge on any atom is 0.255 e. The Morgan fingerprint density at radius 3 is 2.33 bits per heavy atom. The summed E-state index contributed by atoms with van der Waals surface area (Å²) in [6, 6.07) is 22.4. The van der Waals surface area contributed by atoms with Crippen molar-refractivity contribution in [3.8, 4) is 5.75 Å². The van der Waals surface area contributed by atoms with E-state index in [2.05, 4.69) is 10.5 Å². The smallest absolute Gasteiger partial charge is 0.255 e. The Balaban J connectivity index is 1.73. The normalized spacial score (nSPS) is 11.6. The van der Waals surface area contributed by atoms with Crippen LogP contribution in [0.3, 0.4) is 0 Å². The number of carbonyl (C=O) groups is 1. The summed E-state index contributed by atoms with van der Waals surface area (Å²) in [5, 5.41) is 4.51. The Hall–Kier alpha value is -3.20. The molecule has 0 fully saturated rings. The van der Waals surface area contributed by atoms with Gasteiger partial charge >= 0.3 is 0 Å². The third kappa shape index (κ3) is 7.15. The number of hydrazone groups is 1. The number of rotatable bonds is 10. The van der Waals surface area contributed by atoms with Gasteiger partial charge in [-0.3, -0.25) is 4.79 Å². The number of nitrogens with zero attached hydrogens (tertiary/aromatic N) is 2. The third-order valence-corrected chi connectivity index (χ3v) is 6.89.